The fourth-order valence-electron chi connectivity index (χ4n) is 1.64. The Hall–Kier alpha value is -1.73. The topological polar surface area (TPSA) is 80.0 Å². The number of amides is 1. The van der Waals surface area contributed by atoms with Crippen LogP contribution in [0.15, 0.2) is 16.0 Å². The average molecular weight is 294 g/mol. The van der Waals surface area contributed by atoms with E-state index in [1.165, 1.54) is 11.3 Å². The number of aryl methyl sites for hydroxylation is 1. The summed E-state index contributed by atoms with van der Waals surface area (Å²) in [6.07, 6.45) is 1.07. The van der Waals surface area contributed by atoms with Gasteiger partial charge >= 0.3 is 0 Å². The van der Waals surface area contributed by atoms with Gasteiger partial charge in [0, 0.05) is 17.5 Å². The largest absolute Gasteiger partial charge is 0.361 e. The smallest absolute Gasteiger partial charge is 0.279 e. The molecule has 0 bridgehead atoms. The van der Waals surface area contributed by atoms with Crippen molar-refractivity contribution in [2.75, 3.05) is 11.9 Å². The Balaban J connectivity index is 1.97. The van der Waals surface area contributed by atoms with Crippen LogP contribution in [0, 0.1) is 6.92 Å². The minimum atomic E-state index is -0.308. The van der Waals surface area contributed by atoms with E-state index in [9.17, 15) is 4.79 Å². The molecule has 0 fully saturated rings. The molecule has 6 nitrogen and oxygen atoms in total. The van der Waals surface area contributed by atoms with E-state index >= 15 is 0 Å². The van der Waals surface area contributed by atoms with Crippen molar-refractivity contribution < 1.29 is 9.32 Å². The Labute approximate surface area is 121 Å². The standard InChI is InChI=1S/C13H18N4O2S/c1-4-5-14-9(3)11-7-20-13(15-11)16-12(18)10-6-8(2)19-17-10/h6-7,9,14H,4-5H2,1-3H3,(H,15,16,18). The third-order valence-electron chi connectivity index (χ3n) is 2.75. The normalized spacial score (nSPS) is 12.3. The van der Waals surface area contributed by atoms with Crippen LogP contribution in [-0.4, -0.2) is 22.6 Å². The van der Waals surface area contributed by atoms with Gasteiger partial charge in [-0.15, -0.1) is 11.3 Å². The van der Waals surface area contributed by atoms with Crippen molar-refractivity contribution in [3.05, 3.63) is 28.6 Å². The van der Waals surface area contributed by atoms with Crippen LogP contribution in [0.25, 0.3) is 0 Å². The monoisotopic (exact) mass is 294 g/mol. The molecule has 2 rings (SSSR count). The fraction of sp³-hybridized carbons (Fsp3) is 0.462. The molecule has 0 saturated carbocycles. The summed E-state index contributed by atoms with van der Waals surface area (Å²) < 4.78 is 4.87. The summed E-state index contributed by atoms with van der Waals surface area (Å²) in [5, 5.41) is 12.3. The van der Waals surface area contributed by atoms with Crippen LogP contribution in [0.2, 0.25) is 0 Å². The maximum absolute atomic E-state index is 11.9. The summed E-state index contributed by atoms with van der Waals surface area (Å²) in [6, 6.07) is 1.76. The number of rotatable bonds is 6. The Morgan fingerprint density at radius 2 is 2.35 bits per heavy atom. The van der Waals surface area contributed by atoms with E-state index in [1.807, 2.05) is 5.38 Å². The van der Waals surface area contributed by atoms with E-state index in [4.69, 9.17) is 4.52 Å². The fourth-order valence-corrected chi connectivity index (χ4v) is 2.44. The summed E-state index contributed by atoms with van der Waals surface area (Å²) in [4.78, 5) is 16.3. The lowest BCUT2D eigenvalue weighted by atomic mass is 10.2. The molecule has 1 unspecified atom stereocenters. The molecule has 0 spiro atoms. The maximum atomic E-state index is 11.9. The van der Waals surface area contributed by atoms with Gasteiger partial charge in [-0.1, -0.05) is 12.1 Å². The molecule has 2 aromatic rings. The van der Waals surface area contributed by atoms with Gasteiger partial charge in [-0.2, -0.15) is 0 Å². The van der Waals surface area contributed by atoms with Crippen LogP contribution >= 0.6 is 11.3 Å². The number of nitrogens with one attached hydrogen (secondary N) is 2. The van der Waals surface area contributed by atoms with Gasteiger partial charge in [-0.25, -0.2) is 4.98 Å². The van der Waals surface area contributed by atoms with Gasteiger partial charge in [0.2, 0.25) is 0 Å². The van der Waals surface area contributed by atoms with Crippen LogP contribution in [0.5, 0.6) is 0 Å². The number of hydrogen-bond acceptors (Lipinski definition) is 6. The first kappa shape index (κ1) is 14.7. The average Bonchev–Trinajstić information content (AvgIpc) is 3.05. The zero-order valence-corrected chi connectivity index (χ0v) is 12.6. The molecule has 0 aliphatic rings. The van der Waals surface area contributed by atoms with Gasteiger partial charge in [-0.3, -0.25) is 10.1 Å². The summed E-state index contributed by atoms with van der Waals surface area (Å²) >= 11 is 1.40. The van der Waals surface area contributed by atoms with Gasteiger partial charge in [0.1, 0.15) is 5.76 Å². The lowest BCUT2D eigenvalue weighted by molar-refractivity contribution is 0.101. The van der Waals surface area contributed by atoms with Gasteiger partial charge in [-0.05, 0) is 26.8 Å². The highest BCUT2D eigenvalue weighted by atomic mass is 32.1. The molecule has 2 heterocycles. The molecule has 0 aromatic carbocycles. The number of nitrogens with zero attached hydrogens (tertiary/aromatic N) is 2. The van der Waals surface area contributed by atoms with Crippen molar-refractivity contribution in [3.63, 3.8) is 0 Å². The highest BCUT2D eigenvalue weighted by molar-refractivity contribution is 7.14. The lowest BCUT2D eigenvalue weighted by Crippen LogP contribution is -2.19. The van der Waals surface area contributed by atoms with E-state index in [1.54, 1.807) is 13.0 Å². The van der Waals surface area contributed by atoms with Crippen molar-refractivity contribution in [2.45, 2.75) is 33.2 Å². The van der Waals surface area contributed by atoms with Crippen LogP contribution in [0.3, 0.4) is 0 Å². The van der Waals surface area contributed by atoms with Gasteiger partial charge in [0.05, 0.1) is 5.69 Å². The first-order chi connectivity index (χ1) is 9.60. The van der Waals surface area contributed by atoms with Gasteiger partial charge in [0.15, 0.2) is 10.8 Å². The highest BCUT2D eigenvalue weighted by Crippen LogP contribution is 2.21. The summed E-state index contributed by atoms with van der Waals surface area (Å²) in [5.41, 5.74) is 1.19. The number of carbonyl (C=O) groups excluding carboxylic acids is 1. The second kappa shape index (κ2) is 6.62. The number of anilines is 1. The quantitative estimate of drug-likeness (QED) is 0.856. The number of hydrogen-bond donors (Lipinski definition) is 2. The molecule has 1 amide bonds. The van der Waals surface area contributed by atoms with Crippen molar-refractivity contribution in [2.24, 2.45) is 0 Å². The zero-order chi connectivity index (χ0) is 14.5. The molecule has 0 aliphatic heterocycles. The number of carbonyl (C=O) groups is 1. The Morgan fingerprint density at radius 1 is 1.55 bits per heavy atom. The molecular weight excluding hydrogens is 276 g/mol. The zero-order valence-electron chi connectivity index (χ0n) is 11.8. The lowest BCUT2D eigenvalue weighted by Gasteiger charge is -2.09. The summed E-state index contributed by atoms with van der Waals surface area (Å²) in [6.45, 7) is 6.86. The molecule has 1 atom stereocenters. The minimum Gasteiger partial charge on any atom is -0.361 e. The van der Waals surface area contributed by atoms with Crippen molar-refractivity contribution in [1.29, 1.82) is 0 Å². The van der Waals surface area contributed by atoms with Gasteiger partial charge < -0.3 is 9.84 Å². The predicted molar refractivity (Wildman–Crippen MR) is 78.0 cm³/mol. The minimum absolute atomic E-state index is 0.172. The third-order valence-corrected chi connectivity index (χ3v) is 3.52. The molecule has 0 aliphatic carbocycles. The van der Waals surface area contributed by atoms with E-state index < -0.39 is 0 Å². The Bertz CT molecular complexity index is 578. The molecule has 20 heavy (non-hydrogen) atoms. The summed E-state index contributed by atoms with van der Waals surface area (Å²) in [5.74, 6) is 0.296. The van der Waals surface area contributed by atoms with Crippen molar-refractivity contribution in [3.8, 4) is 0 Å². The SMILES string of the molecule is CCCNC(C)c1csc(NC(=O)c2cc(C)on2)n1. The predicted octanol–water partition coefficient (Wildman–Crippen LogP) is 2.75. The van der Waals surface area contributed by atoms with E-state index in [-0.39, 0.29) is 17.6 Å². The molecule has 0 radical (unpaired) electrons. The highest BCUT2D eigenvalue weighted by Gasteiger charge is 2.14. The summed E-state index contributed by atoms with van der Waals surface area (Å²) in [7, 11) is 0. The van der Waals surface area contributed by atoms with Crippen LogP contribution in [0.4, 0.5) is 5.13 Å². The van der Waals surface area contributed by atoms with Crippen LogP contribution in [0.1, 0.15) is 48.3 Å². The Morgan fingerprint density at radius 3 is 3.00 bits per heavy atom. The van der Waals surface area contributed by atoms with E-state index in [2.05, 4.69) is 34.6 Å². The second-order valence-electron chi connectivity index (χ2n) is 4.53. The molecule has 2 N–H and O–H groups in total. The number of aromatic nitrogens is 2. The third kappa shape index (κ3) is 3.64. The van der Waals surface area contributed by atoms with Gasteiger partial charge in [0.25, 0.3) is 5.91 Å². The van der Waals surface area contributed by atoms with E-state index in [0.717, 1.165) is 18.7 Å². The molecule has 0 saturated heterocycles. The Kier molecular flexibility index (Phi) is 4.86. The second-order valence-corrected chi connectivity index (χ2v) is 5.39. The number of thiazole rings is 1. The molecule has 2 aromatic heterocycles. The van der Waals surface area contributed by atoms with Crippen molar-refractivity contribution in [1.82, 2.24) is 15.5 Å². The van der Waals surface area contributed by atoms with Crippen LogP contribution in [-0.2, 0) is 0 Å². The maximum Gasteiger partial charge on any atom is 0.279 e. The van der Waals surface area contributed by atoms with Crippen LogP contribution < -0.4 is 10.6 Å². The van der Waals surface area contributed by atoms with E-state index in [0.29, 0.717) is 10.9 Å². The first-order valence-corrected chi connectivity index (χ1v) is 7.41. The molecule has 108 valence electrons. The molecule has 7 heteroatoms. The molecular formula is C13H18N4O2S. The first-order valence-electron chi connectivity index (χ1n) is 6.53. The van der Waals surface area contributed by atoms with Crippen molar-refractivity contribution >= 4 is 22.4 Å².